The van der Waals surface area contributed by atoms with Crippen LogP contribution in [0.1, 0.15) is 35.2 Å². The van der Waals surface area contributed by atoms with Crippen molar-refractivity contribution in [1.82, 2.24) is 4.90 Å². The monoisotopic (exact) mass is 377 g/mol. The second-order valence-corrected chi connectivity index (χ2v) is 7.61. The fraction of sp³-hybridized carbons (Fsp3) is 0.391. The number of anilines is 2. The molecule has 0 aliphatic carbocycles. The molecule has 0 unspecified atom stereocenters. The van der Waals surface area contributed by atoms with Crippen molar-refractivity contribution in [1.29, 1.82) is 0 Å². The lowest BCUT2D eigenvalue weighted by atomic mass is 9.97. The van der Waals surface area contributed by atoms with Gasteiger partial charge in [0.25, 0.3) is 0 Å². The molecule has 4 rings (SSSR count). The molecule has 2 aliphatic heterocycles. The van der Waals surface area contributed by atoms with Crippen LogP contribution in [0.4, 0.5) is 11.4 Å². The Morgan fingerprint density at radius 1 is 0.964 bits per heavy atom. The third-order valence-electron chi connectivity index (χ3n) is 5.69. The smallest absolute Gasteiger partial charge is 0.224 e. The number of para-hydroxylation sites is 1. The molecule has 0 saturated carbocycles. The zero-order valence-corrected chi connectivity index (χ0v) is 16.2. The van der Waals surface area contributed by atoms with Crippen molar-refractivity contribution in [2.24, 2.45) is 0 Å². The van der Waals surface area contributed by atoms with E-state index in [2.05, 4.69) is 45.4 Å². The summed E-state index contributed by atoms with van der Waals surface area (Å²) in [7, 11) is 0. The van der Waals surface area contributed by atoms with Crippen molar-refractivity contribution >= 4 is 23.1 Å². The first kappa shape index (κ1) is 18.7. The molecule has 0 radical (unpaired) electrons. The van der Waals surface area contributed by atoms with Crippen molar-refractivity contribution in [3.8, 4) is 0 Å². The molecule has 0 spiro atoms. The maximum Gasteiger partial charge on any atom is 0.224 e. The van der Waals surface area contributed by atoms with E-state index < -0.39 is 0 Å². The highest BCUT2D eigenvalue weighted by atomic mass is 16.1. The molecule has 2 aromatic carbocycles. The molecule has 28 heavy (non-hydrogen) atoms. The van der Waals surface area contributed by atoms with Crippen molar-refractivity contribution in [2.75, 3.05) is 42.9 Å². The summed E-state index contributed by atoms with van der Waals surface area (Å²) in [6.07, 6.45) is 2.68. The van der Waals surface area contributed by atoms with Gasteiger partial charge in [0.2, 0.25) is 5.91 Å². The van der Waals surface area contributed by atoms with Gasteiger partial charge in [-0.3, -0.25) is 14.5 Å². The van der Waals surface area contributed by atoms with Gasteiger partial charge < -0.3 is 10.2 Å². The molecule has 0 aromatic heterocycles. The fourth-order valence-electron chi connectivity index (χ4n) is 4.03. The highest BCUT2D eigenvalue weighted by Crippen LogP contribution is 2.24. The molecular formula is C23H27N3O2. The summed E-state index contributed by atoms with van der Waals surface area (Å²) in [4.78, 5) is 28.9. The van der Waals surface area contributed by atoms with Crippen LogP contribution >= 0.6 is 0 Å². The first-order valence-electron chi connectivity index (χ1n) is 10.2. The van der Waals surface area contributed by atoms with Crippen LogP contribution < -0.4 is 10.2 Å². The number of carbonyl (C=O) groups is 2. The highest BCUT2D eigenvalue weighted by Gasteiger charge is 2.18. The van der Waals surface area contributed by atoms with Crippen LogP contribution in [0.3, 0.4) is 0 Å². The van der Waals surface area contributed by atoms with Crippen LogP contribution in [0, 0.1) is 0 Å². The van der Waals surface area contributed by atoms with E-state index in [0.29, 0.717) is 19.3 Å². The SMILES string of the molecule is O=C1CCc2cc(C(=O)CCCN3CCN(c4ccccc4)CC3)ccc2N1. The Hall–Kier alpha value is -2.66. The van der Waals surface area contributed by atoms with Crippen LogP contribution in [0.5, 0.6) is 0 Å². The van der Waals surface area contributed by atoms with Gasteiger partial charge in [-0.05, 0) is 55.3 Å². The minimum absolute atomic E-state index is 0.0546. The Kier molecular flexibility index (Phi) is 5.72. The van der Waals surface area contributed by atoms with E-state index in [1.807, 2.05) is 18.2 Å². The van der Waals surface area contributed by atoms with E-state index in [4.69, 9.17) is 0 Å². The summed E-state index contributed by atoms with van der Waals surface area (Å²) in [6, 6.07) is 16.2. The number of rotatable bonds is 6. The average Bonchev–Trinajstić information content (AvgIpc) is 2.74. The third-order valence-corrected chi connectivity index (χ3v) is 5.69. The van der Waals surface area contributed by atoms with Crippen LogP contribution in [0.15, 0.2) is 48.5 Å². The molecule has 1 amide bonds. The number of nitrogens with one attached hydrogen (secondary N) is 1. The summed E-state index contributed by atoms with van der Waals surface area (Å²) in [5.41, 5.74) is 3.98. The zero-order chi connectivity index (χ0) is 19.3. The Balaban J connectivity index is 1.22. The van der Waals surface area contributed by atoms with E-state index in [0.717, 1.165) is 56.0 Å². The fourth-order valence-corrected chi connectivity index (χ4v) is 4.03. The molecule has 1 N–H and O–H groups in total. The molecule has 0 atom stereocenters. The highest BCUT2D eigenvalue weighted by molar-refractivity contribution is 5.98. The molecular weight excluding hydrogens is 350 g/mol. The molecule has 5 heteroatoms. The lowest BCUT2D eigenvalue weighted by molar-refractivity contribution is -0.116. The molecule has 2 heterocycles. The number of Topliss-reactive ketones (excluding diaryl/α,β-unsaturated/α-hetero) is 1. The number of carbonyl (C=O) groups excluding carboxylic acids is 2. The number of ketones is 1. The second kappa shape index (κ2) is 8.57. The molecule has 1 fully saturated rings. The number of piperazine rings is 1. The average molecular weight is 377 g/mol. The Bertz CT molecular complexity index is 842. The van der Waals surface area contributed by atoms with Crippen molar-refractivity contribution in [3.63, 3.8) is 0 Å². The van der Waals surface area contributed by atoms with Gasteiger partial charge >= 0.3 is 0 Å². The van der Waals surface area contributed by atoms with Crippen molar-refractivity contribution in [3.05, 3.63) is 59.7 Å². The van der Waals surface area contributed by atoms with Crippen molar-refractivity contribution in [2.45, 2.75) is 25.7 Å². The minimum atomic E-state index is 0.0546. The maximum absolute atomic E-state index is 12.6. The van der Waals surface area contributed by atoms with Gasteiger partial charge in [0.15, 0.2) is 5.78 Å². The molecule has 0 bridgehead atoms. The number of hydrogen-bond acceptors (Lipinski definition) is 4. The van der Waals surface area contributed by atoms with Gasteiger partial charge in [0.1, 0.15) is 0 Å². The van der Waals surface area contributed by atoms with Gasteiger partial charge in [-0.15, -0.1) is 0 Å². The largest absolute Gasteiger partial charge is 0.369 e. The maximum atomic E-state index is 12.6. The molecule has 1 saturated heterocycles. The lowest BCUT2D eigenvalue weighted by Gasteiger charge is -2.36. The van der Waals surface area contributed by atoms with Crippen LogP contribution in [-0.4, -0.2) is 49.3 Å². The number of benzene rings is 2. The first-order valence-corrected chi connectivity index (χ1v) is 10.2. The summed E-state index contributed by atoms with van der Waals surface area (Å²) in [5, 5.41) is 2.87. The van der Waals surface area contributed by atoms with Crippen LogP contribution in [0.25, 0.3) is 0 Å². The molecule has 2 aromatic rings. The molecule has 5 nitrogen and oxygen atoms in total. The zero-order valence-electron chi connectivity index (χ0n) is 16.2. The topological polar surface area (TPSA) is 52.7 Å². The summed E-state index contributed by atoms with van der Waals surface area (Å²) >= 11 is 0. The van der Waals surface area contributed by atoms with Gasteiger partial charge in [0.05, 0.1) is 0 Å². The predicted molar refractivity (Wildman–Crippen MR) is 112 cm³/mol. The number of amides is 1. The number of aryl methyl sites for hydroxylation is 1. The van der Waals surface area contributed by atoms with Gasteiger partial charge in [0, 0.05) is 56.0 Å². The first-order chi connectivity index (χ1) is 13.7. The Morgan fingerprint density at radius 2 is 1.75 bits per heavy atom. The van der Waals surface area contributed by atoms with E-state index in [9.17, 15) is 9.59 Å². The Morgan fingerprint density at radius 3 is 2.54 bits per heavy atom. The number of nitrogens with zero attached hydrogens (tertiary/aromatic N) is 2. The van der Waals surface area contributed by atoms with E-state index >= 15 is 0 Å². The van der Waals surface area contributed by atoms with Crippen LogP contribution in [-0.2, 0) is 11.2 Å². The van der Waals surface area contributed by atoms with Gasteiger partial charge in [-0.2, -0.15) is 0 Å². The standard InChI is InChI=1S/C23H27N3O2/c27-22(19-8-10-21-18(17-19)9-11-23(28)24-21)7-4-12-25-13-15-26(16-14-25)20-5-2-1-3-6-20/h1-3,5-6,8,10,17H,4,7,9,11-16H2,(H,24,28). The number of fused-ring (bicyclic) bond motifs is 1. The van der Waals surface area contributed by atoms with E-state index in [1.54, 1.807) is 0 Å². The van der Waals surface area contributed by atoms with Crippen LogP contribution in [0.2, 0.25) is 0 Å². The molecule has 2 aliphatic rings. The third kappa shape index (κ3) is 4.42. The van der Waals surface area contributed by atoms with E-state index in [-0.39, 0.29) is 11.7 Å². The number of hydrogen-bond donors (Lipinski definition) is 1. The summed E-state index contributed by atoms with van der Waals surface area (Å²) in [5.74, 6) is 0.251. The lowest BCUT2D eigenvalue weighted by Crippen LogP contribution is -2.46. The van der Waals surface area contributed by atoms with Gasteiger partial charge in [-0.1, -0.05) is 18.2 Å². The Labute approximate surface area is 166 Å². The normalized spacial score (nSPS) is 17.1. The quantitative estimate of drug-likeness (QED) is 0.785. The predicted octanol–water partition coefficient (Wildman–Crippen LogP) is 3.36. The summed E-state index contributed by atoms with van der Waals surface area (Å²) in [6.45, 7) is 5.13. The minimum Gasteiger partial charge on any atom is -0.369 e. The van der Waals surface area contributed by atoms with Crippen molar-refractivity contribution < 1.29 is 9.59 Å². The summed E-state index contributed by atoms with van der Waals surface area (Å²) < 4.78 is 0. The van der Waals surface area contributed by atoms with E-state index in [1.165, 1.54) is 5.69 Å². The van der Waals surface area contributed by atoms with Gasteiger partial charge in [-0.25, -0.2) is 0 Å². The molecule has 146 valence electrons. The second-order valence-electron chi connectivity index (χ2n) is 7.61.